The van der Waals surface area contributed by atoms with Crippen molar-refractivity contribution < 1.29 is 33.9 Å². The summed E-state index contributed by atoms with van der Waals surface area (Å²) in [5.41, 5.74) is 5.70. The number of nitrogens with zero attached hydrogens (tertiary/aromatic N) is 3. The van der Waals surface area contributed by atoms with Gasteiger partial charge in [0, 0.05) is 70.6 Å². The number of rotatable bonds is 10. The van der Waals surface area contributed by atoms with Crippen LogP contribution in [0.1, 0.15) is 68.1 Å². The number of hydrogen-bond acceptors (Lipinski definition) is 9. The Balaban J connectivity index is 0.000000113. The van der Waals surface area contributed by atoms with Crippen molar-refractivity contribution in [3.63, 3.8) is 0 Å². The molecule has 0 atom stereocenters. The topological polar surface area (TPSA) is 127 Å². The first-order valence-corrected chi connectivity index (χ1v) is 20.1. The molecule has 5 fully saturated rings. The van der Waals surface area contributed by atoms with Gasteiger partial charge in [-0.3, -0.25) is 15.0 Å². The highest BCUT2D eigenvalue weighted by atomic mass is 19.1. The van der Waals surface area contributed by atoms with Gasteiger partial charge >= 0.3 is 0 Å². The Kier molecular flexibility index (Phi) is 10.3. The van der Waals surface area contributed by atoms with Crippen molar-refractivity contribution in [1.29, 1.82) is 0 Å². The van der Waals surface area contributed by atoms with E-state index in [1.54, 1.807) is 61.4 Å². The van der Waals surface area contributed by atoms with E-state index in [4.69, 9.17) is 14.2 Å². The standard InChI is InChI=1S/C17H17NO3.C17H17NO2.C14H12FNO/c19-17(6-7-17)15-9-18-8-5-13(15)14-3-1-2-4-16(14)21-12-10-20-11-12;19-17(8-9-17)15-11-18-10-7-13(15)14-3-1-2-4-16(14)20-12-5-6-12;15-13-4-2-1-3-11(13)10-5-8-16-9-12(10)14(17)6-7-14/h1-5,8-9,12,19H,6-7,10-11H2;1-4,7,10-12,19H,5-6,8-9H2;1-5,8-9,17H,6-7H2. The number of para-hydroxylation sites is 2. The Bertz CT molecular complexity index is 2400. The summed E-state index contributed by atoms with van der Waals surface area (Å²) in [6.45, 7) is 1.28. The highest BCUT2D eigenvalue weighted by molar-refractivity contribution is 5.75. The van der Waals surface area contributed by atoms with Crippen molar-refractivity contribution in [2.45, 2.75) is 80.4 Å². The third-order valence-corrected chi connectivity index (χ3v) is 11.4. The van der Waals surface area contributed by atoms with Gasteiger partial charge in [-0.1, -0.05) is 54.6 Å². The zero-order valence-corrected chi connectivity index (χ0v) is 32.1. The van der Waals surface area contributed by atoms with Gasteiger partial charge in [0.15, 0.2) is 0 Å². The summed E-state index contributed by atoms with van der Waals surface area (Å²) in [5, 5.41) is 31.1. The number of ether oxygens (including phenoxy) is 3. The molecular weight excluding hydrogens is 734 g/mol. The second kappa shape index (κ2) is 15.7. The van der Waals surface area contributed by atoms with Crippen molar-refractivity contribution in [2.75, 3.05) is 13.2 Å². The van der Waals surface area contributed by atoms with E-state index in [0.717, 1.165) is 107 Å². The minimum Gasteiger partial charge on any atom is -0.490 e. The highest BCUT2D eigenvalue weighted by Crippen LogP contribution is 2.51. The quantitative estimate of drug-likeness (QED) is 0.125. The molecule has 5 aliphatic rings. The van der Waals surface area contributed by atoms with Crippen molar-refractivity contribution in [1.82, 2.24) is 15.0 Å². The minimum absolute atomic E-state index is 0.125. The summed E-state index contributed by atoms with van der Waals surface area (Å²) in [6, 6.07) is 28.3. The first-order chi connectivity index (χ1) is 28.2. The van der Waals surface area contributed by atoms with Gasteiger partial charge in [0.05, 0.1) is 36.1 Å². The van der Waals surface area contributed by atoms with E-state index in [2.05, 4.69) is 21.0 Å². The molecular formula is C48H46FN3O6. The minimum atomic E-state index is -0.800. The van der Waals surface area contributed by atoms with Crippen LogP contribution in [-0.4, -0.2) is 55.7 Å². The lowest BCUT2D eigenvalue weighted by Gasteiger charge is -2.28. The summed E-state index contributed by atoms with van der Waals surface area (Å²) >= 11 is 0. The van der Waals surface area contributed by atoms with E-state index >= 15 is 0 Å². The van der Waals surface area contributed by atoms with E-state index in [-0.39, 0.29) is 11.9 Å². The van der Waals surface area contributed by atoms with Crippen molar-refractivity contribution >= 4 is 0 Å². The van der Waals surface area contributed by atoms with Gasteiger partial charge in [0.25, 0.3) is 0 Å². The Hall–Kier alpha value is -5.52. The van der Waals surface area contributed by atoms with Crippen LogP contribution in [0.5, 0.6) is 11.5 Å². The molecule has 1 aliphatic heterocycles. The van der Waals surface area contributed by atoms with Gasteiger partial charge in [-0.05, 0) is 104 Å². The van der Waals surface area contributed by atoms with Gasteiger partial charge in [-0.25, -0.2) is 4.39 Å². The predicted molar refractivity (Wildman–Crippen MR) is 217 cm³/mol. The number of pyridine rings is 3. The average molecular weight is 780 g/mol. The third kappa shape index (κ3) is 8.24. The van der Waals surface area contributed by atoms with Gasteiger partial charge in [-0.2, -0.15) is 0 Å². The van der Waals surface area contributed by atoms with E-state index in [9.17, 15) is 19.7 Å². The molecule has 3 aromatic heterocycles. The molecule has 3 N–H and O–H groups in total. The van der Waals surface area contributed by atoms with Crippen molar-refractivity contribution in [2.24, 2.45) is 0 Å². The van der Waals surface area contributed by atoms with Gasteiger partial charge in [0.2, 0.25) is 0 Å². The lowest BCUT2D eigenvalue weighted by atomic mass is 9.96. The van der Waals surface area contributed by atoms with Crippen LogP contribution in [0.2, 0.25) is 0 Å². The predicted octanol–water partition coefficient (Wildman–Crippen LogP) is 8.65. The lowest BCUT2D eigenvalue weighted by Crippen LogP contribution is -2.38. The SMILES string of the molecule is OC1(c2cnccc2-c2ccccc2F)CC1.OC1(c2cnccc2-c2ccccc2OC2CC2)CC1.OC1(c2cnccc2-c2ccccc2OC2COC2)CC1. The van der Waals surface area contributed by atoms with E-state index in [1.807, 2.05) is 54.6 Å². The first-order valence-electron chi connectivity index (χ1n) is 20.1. The molecule has 9 nitrogen and oxygen atoms in total. The summed E-state index contributed by atoms with van der Waals surface area (Å²) in [6.07, 6.45) is 17.8. The number of halogens is 1. The highest BCUT2D eigenvalue weighted by Gasteiger charge is 2.46. The molecule has 0 unspecified atom stereocenters. The number of aromatic nitrogens is 3. The third-order valence-electron chi connectivity index (χ3n) is 11.4. The fraction of sp³-hybridized carbons (Fsp3) is 0.312. The fourth-order valence-corrected chi connectivity index (χ4v) is 7.25. The molecule has 4 aliphatic carbocycles. The monoisotopic (exact) mass is 779 g/mol. The van der Waals surface area contributed by atoms with Gasteiger partial charge in [-0.15, -0.1) is 0 Å². The number of hydrogen-bond donors (Lipinski definition) is 3. The van der Waals surface area contributed by atoms with Crippen LogP contribution < -0.4 is 9.47 Å². The van der Waals surface area contributed by atoms with Crippen LogP contribution in [0.25, 0.3) is 33.4 Å². The molecule has 0 radical (unpaired) electrons. The van der Waals surface area contributed by atoms with Gasteiger partial charge in [0.1, 0.15) is 23.4 Å². The van der Waals surface area contributed by atoms with Crippen LogP contribution in [0.3, 0.4) is 0 Å². The van der Waals surface area contributed by atoms with Crippen molar-refractivity contribution in [3.8, 4) is 44.9 Å². The van der Waals surface area contributed by atoms with Crippen LogP contribution in [0.15, 0.2) is 128 Å². The lowest BCUT2D eigenvalue weighted by molar-refractivity contribution is -0.0794. The Morgan fingerprint density at radius 3 is 1.24 bits per heavy atom. The second-order valence-electron chi connectivity index (χ2n) is 15.9. The molecule has 0 amide bonds. The Morgan fingerprint density at radius 2 is 0.862 bits per heavy atom. The van der Waals surface area contributed by atoms with Crippen LogP contribution in [0, 0.1) is 5.82 Å². The fourth-order valence-electron chi connectivity index (χ4n) is 7.25. The molecule has 6 aromatic rings. The van der Waals surface area contributed by atoms with Gasteiger partial charge < -0.3 is 29.5 Å². The van der Waals surface area contributed by atoms with Crippen molar-refractivity contribution in [3.05, 3.63) is 151 Å². The van der Waals surface area contributed by atoms with E-state index in [0.29, 0.717) is 24.9 Å². The molecule has 3 aromatic carbocycles. The molecule has 11 rings (SSSR count). The first kappa shape index (κ1) is 38.0. The molecule has 1 saturated heterocycles. The van der Waals surface area contributed by atoms with Crippen LogP contribution >= 0.6 is 0 Å². The molecule has 58 heavy (non-hydrogen) atoms. The summed E-state index contributed by atoms with van der Waals surface area (Å²) < 4.78 is 30.9. The summed E-state index contributed by atoms with van der Waals surface area (Å²) in [7, 11) is 0. The van der Waals surface area contributed by atoms with E-state index in [1.165, 1.54) is 6.07 Å². The Labute approximate surface area is 337 Å². The summed E-state index contributed by atoms with van der Waals surface area (Å²) in [5.74, 6) is 1.47. The normalized spacial score (nSPS) is 18.9. The summed E-state index contributed by atoms with van der Waals surface area (Å²) in [4.78, 5) is 12.4. The molecule has 4 heterocycles. The maximum absolute atomic E-state index is 13.8. The molecule has 10 heteroatoms. The Morgan fingerprint density at radius 1 is 0.483 bits per heavy atom. The zero-order valence-electron chi connectivity index (χ0n) is 32.1. The van der Waals surface area contributed by atoms with E-state index < -0.39 is 16.8 Å². The zero-order chi connectivity index (χ0) is 39.7. The maximum atomic E-state index is 13.8. The number of benzene rings is 3. The smallest absolute Gasteiger partial charge is 0.145 e. The largest absolute Gasteiger partial charge is 0.490 e. The second-order valence-corrected chi connectivity index (χ2v) is 15.9. The molecule has 4 saturated carbocycles. The maximum Gasteiger partial charge on any atom is 0.145 e. The molecule has 296 valence electrons. The van der Waals surface area contributed by atoms with Crippen LogP contribution in [-0.2, 0) is 21.5 Å². The molecule has 0 spiro atoms. The average Bonchev–Trinajstić information content (AvgIpc) is 4.03. The number of aliphatic hydroxyl groups is 3. The molecule has 0 bridgehead atoms. The van der Waals surface area contributed by atoms with Crippen LogP contribution in [0.4, 0.5) is 4.39 Å².